The second kappa shape index (κ2) is 5.34. The Kier molecular flexibility index (Phi) is 3.52. The van der Waals surface area contributed by atoms with Crippen molar-refractivity contribution in [3.63, 3.8) is 0 Å². The third-order valence-corrected chi connectivity index (χ3v) is 4.71. The minimum absolute atomic E-state index is 0.824. The van der Waals surface area contributed by atoms with Gasteiger partial charge in [-0.05, 0) is 61.7 Å². The first-order chi connectivity index (χ1) is 10.0. The lowest BCUT2D eigenvalue weighted by atomic mass is 10.0. The lowest BCUT2D eigenvalue weighted by Crippen LogP contribution is -1.89. The van der Waals surface area contributed by atoms with Crippen molar-refractivity contribution < 1.29 is 0 Å². The monoisotopic (exact) mass is 294 g/mol. The third kappa shape index (κ3) is 2.69. The van der Waals surface area contributed by atoms with Crippen LogP contribution in [-0.2, 0) is 0 Å². The fourth-order valence-corrected chi connectivity index (χ4v) is 3.07. The molecule has 0 amide bonds. The van der Waals surface area contributed by atoms with Crippen molar-refractivity contribution in [2.75, 3.05) is 5.73 Å². The van der Waals surface area contributed by atoms with Gasteiger partial charge in [-0.25, -0.2) is 4.98 Å². The van der Waals surface area contributed by atoms with Crippen LogP contribution in [0.2, 0.25) is 0 Å². The van der Waals surface area contributed by atoms with Gasteiger partial charge in [0.15, 0.2) is 0 Å². The second-order valence-corrected chi connectivity index (χ2v) is 6.27. The lowest BCUT2D eigenvalue weighted by Gasteiger charge is -2.03. The van der Waals surface area contributed by atoms with Crippen molar-refractivity contribution in [1.82, 2.24) is 4.98 Å². The molecule has 0 bridgehead atoms. The predicted molar refractivity (Wildman–Crippen MR) is 91.6 cm³/mol. The highest BCUT2D eigenvalue weighted by Gasteiger charge is 2.08. The van der Waals surface area contributed by atoms with Crippen LogP contribution in [0, 0.1) is 20.8 Å². The summed E-state index contributed by atoms with van der Waals surface area (Å²) in [7, 11) is 0. The molecule has 0 unspecified atom stereocenters. The summed E-state index contributed by atoms with van der Waals surface area (Å²) >= 11 is 1.67. The maximum absolute atomic E-state index is 5.88. The number of hydrogen-bond acceptors (Lipinski definition) is 3. The van der Waals surface area contributed by atoms with E-state index in [2.05, 4.69) is 43.5 Å². The van der Waals surface area contributed by atoms with E-state index in [9.17, 15) is 0 Å². The highest BCUT2D eigenvalue weighted by atomic mass is 32.1. The number of benzene rings is 2. The molecule has 1 aromatic heterocycles. The Hall–Kier alpha value is -2.13. The molecule has 0 atom stereocenters. The van der Waals surface area contributed by atoms with Crippen molar-refractivity contribution in [1.29, 1.82) is 0 Å². The van der Waals surface area contributed by atoms with Crippen LogP contribution in [0.1, 0.15) is 16.7 Å². The molecule has 0 radical (unpaired) electrons. The van der Waals surface area contributed by atoms with Gasteiger partial charge in [0.05, 0.1) is 5.69 Å². The topological polar surface area (TPSA) is 38.9 Å². The largest absolute Gasteiger partial charge is 0.399 e. The van der Waals surface area contributed by atoms with Gasteiger partial charge < -0.3 is 5.73 Å². The molecule has 2 nitrogen and oxygen atoms in total. The van der Waals surface area contributed by atoms with Crippen molar-refractivity contribution in [2.45, 2.75) is 20.8 Å². The number of anilines is 1. The van der Waals surface area contributed by atoms with Crippen LogP contribution in [0.3, 0.4) is 0 Å². The van der Waals surface area contributed by atoms with Crippen LogP contribution < -0.4 is 5.73 Å². The Balaban J connectivity index is 1.99. The average molecular weight is 294 g/mol. The predicted octanol–water partition coefficient (Wildman–Crippen LogP) is 4.98. The van der Waals surface area contributed by atoms with Crippen LogP contribution >= 0.6 is 11.3 Å². The Morgan fingerprint density at radius 2 is 1.57 bits per heavy atom. The van der Waals surface area contributed by atoms with Gasteiger partial charge in [-0.3, -0.25) is 0 Å². The number of nitrogen functional groups attached to an aromatic ring is 1. The van der Waals surface area contributed by atoms with E-state index in [-0.39, 0.29) is 0 Å². The molecule has 0 spiro atoms. The van der Waals surface area contributed by atoms with Gasteiger partial charge in [0, 0.05) is 22.2 Å². The molecule has 3 aromatic rings. The molecule has 1 heterocycles. The second-order valence-electron chi connectivity index (χ2n) is 5.41. The standard InChI is InChI=1S/C18H18N2S/c1-11-4-5-14(8-12(11)2)17-10-21-18(20-17)15-6-7-16(19)13(3)9-15/h4-10H,19H2,1-3H3. The molecule has 0 fully saturated rings. The molecule has 0 aliphatic heterocycles. The highest BCUT2D eigenvalue weighted by Crippen LogP contribution is 2.31. The quantitative estimate of drug-likeness (QED) is 0.677. The van der Waals surface area contributed by atoms with E-state index >= 15 is 0 Å². The van der Waals surface area contributed by atoms with Crippen molar-refractivity contribution in [2.24, 2.45) is 0 Å². The average Bonchev–Trinajstić information content (AvgIpc) is 2.94. The molecule has 0 saturated heterocycles. The molecule has 0 aliphatic carbocycles. The number of nitrogens with two attached hydrogens (primary N) is 1. The SMILES string of the molecule is Cc1ccc(-c2csc(-c3ccc(N)c(C)c3)n2)cc1C. The normalized spacial score (nSPS) is 10.8. The Bertz CT molecular complexity index is 737. The maximum Gasteiger partial charge on any atom is 0.124 e. The molecule has 3 rings (SSSR count). The number of thiazole rings is 1. The molecule has 0 saturated carbocycles. The van der Waals surface area contributed by atoms with E-state index in [0.717, 1.165) is 27.5 Å². The van der Waals surface area contributed by atoms with Gasteiger partial charge >= 0.3 is 0 Å². The first-order valence-corrected chi connectivity index (χ1v) is 7.82. The minimum Gasteiger partial charge on any atom is -0.399 e. The smallest absolute Gasteiger partial charge is 0.124 e. The molecule has 0 aliphatic rings. The molecular weight excluding hydrogens is 276 g/mol. The third-order valence-electron chi connectivity index (χ3n) is 3.82. The summed E-state index contributed by atoms with van der Waals surface area (Å²) in [6, 6.07) is 12.6. The van der Waals surface area contributed by atoms with Crippen molar-refractivity contribution in [3.05, 3.63) is 58.5 Å². The highest BCUT2D eigenvalue weighted by molar-refractivity contribution is 7.13. The zero-order valence-corrected chi connectivity index (χ0v) is 13.3. The van der Waals surface area contributed by atoms with Gasteiger partial charge in [0.1, 0.15) is 5.01 Å². The number of aromatic nitrogens is 1. The number of aryl methyl sites for hydroxylation is 3. The number of rotatable bonds is 2. The summed E-state index contributed by atoms with van der Waals surface area (Å²) in [6.45, 7) is 6.29. The molecule has 21 heavy (non-hydrogen) atoms. The van der Waals surface area contributed by atoms with E-state index in [0.29, 0.717) is 0 Å². The van der Waals surface area contributed by atoms with Crippen LogP contribution in [-0.4, -0.2) is 4.98 Å². The first-order valence-electron chi connectivity index (χ1n) is 6.94. The Morgan fingerprint density at radius 1 is 0.857 bits per heavy atom. The summed E-state index contributed by atoms with van der Waals surface area (Å²) in [5.74, 6) is 0. The minimum atomic E-state index is 0.824. The summed E-state index contributed by atoms with van der Waals surface area (Å²) in [6.07, 6.45) is 0. The fraction of sp³-hybridized carbons (Fsp3) is 0.167. The summed E-state index contributed by atoms with van der Waals surface area (Å²) in [5, 5.41) is 3.15. The van der Waals surface area contributed by atoms with Crippen LogP contribution in [0.4, 0.5) is 5.69 Å². The van der Waals surface area contributed by atoms with E-state index in [1.807, 2.05) is 19.1 Å². The molecule has 2 N–H and O–H groups in total. The lowest BCUT2D eigenvalue weighted by molar-refractivity contribution is 1.32. The molecular formula is C18H18N2S. The van der Waals surface area contributed by atoms with Crippen LogP contribution in [0.15, 0.2) is 41.8 Å². The zero-order valence-electron chi connectivity index (χ0n) is 12.5. The summed E-state index contributed by atoms with van der Waals surface area (Å²) in [4.78, 5) is 4.77. The maximum atomic E-state index is 5.88. The molecule has 2 aromatic carbocycles. The Morgan fingerprint density at radius 3 is 2.29 bits per heavy atom. The summed E-state index contributed by atoms with van der Waals surface area (Å²) < 4.78 is 0. The summed E-state index contributed by atoms with van der Waals surface area (Å²) in [5.41, 5.74) is 13.7. The van der Waals surface area contributed by atoms with Gasteiger partial charge in [-0.1, -0.05) is 12.1 Å². The van der Waals surface area contributed by atoms with Crippen molar-refractivity contribution >= 4 is 17.0 Å². The van der Waals surface area contributed by atoms with E-state index in [1.165, 1.54) is 16.7 Å². The Labute approximate surface area is 129 Å². The fourth-order valence-electron chi connectivity index (χ4n) is 2.25. The zero-order chi connectivity index (χ0) is 15.0. The van der Waals surface area contributed by atoms with E-state index in [4.69, 9.17) is 10.7 Å². The van der Waals surface area contributed by atoms with Gasteiger partial charge in [-0.2, -0.15) is 0 Å². The number of hydrogen-bond donors (Lipinski definition) is 1. The van der Waals surface area contributed by atoms with E-state index < -0.39 is 0 Å². The van der Waals surface area contributed by atoms with Crippen LogP contribution in [0.25, 0.3) is 21.8 Å². The molecule has 3 heteroatoms. The van der Waals surface area contributed by atoms with Crippen LogP contribution in [0.5, 0.6) is 0 Å². The van der Waals surface area contributed by atoms with Gasteiger partial charge in [0.2, 0.25) is 0 Å². The number of nitrogens with zero attached hydrogens (tertiary/aromatic N) is 1. The van der Waals surface area contributed by atoms with Crippen molar-refractivity contribution in [3.8, 4) is 21.8 Å². The van der Waals surface area contributed by atoms with Gasteiger partial charge in [-0.15, -0.1) is 11.3 Å². The van der Waals surface area contributed by atoms with E-state index in [1.54, 1.807) is 11.3 Å². The molecule has 106 valence electrons. The first kappa shape index (κ1) is 13.8. The van der Waals surface area contributed by atoms with Gasteiger partial charge in [0.25, 0.3) is 0 Å².